The number of carbonyl (C=O) groups is 1. The lowest BCUT2D eigenvalue weighted by Gasteiger charge is -2.08. The van der Waals surface area contributed by atoms with Gasteiger partial charge < -0.3 is 9.47 Å². The number of para-hydroxylation sites is 1. The van der Waals surface area contributed by atoms with Gasteiger partial charge in [0.05, 0.1) is 16.8 Å². The Morgan fingerprint density at radius 3 is 2.91 bits per heavy atom. The Labute approximate surface area is 135 Å². The zero-order valence-electron chi connectivity index (χ0n) is 12.1. The number of hydrogen-bond acceptors (Lipinski definition) is 7. The SMILES string of the molecule is COCc1nc(C(=O)OC(C)c2nc3ccccc3s2)cs1. The van der Waals surface area contributed by atoms with Crippen molar-refractivity contribution in [2.45, 2.75) is 19.6 Å². The second-order valence-corrected chi connectivity index (χ2v) is 6.63. The molecular weight excluding hydrogens is 320 g/mol. The van der Waals surface area contributed by atoms with Crippen LogP contribution < -0.4 is 0 Å². The first-order chi connectivity index (χ1) is 10.7. The van der Waals surface area contributed by atoms with Crippen molar-refractivity contribution in [1.82, 2.24) is 9.97 Å². The maximum absolute atomic E-state index is 12.1. The summed E-state index contributed by atoms with van der Waals surface area (Å²) in [5.74, 6) is -0.439. The first kappa shape index (κ1) is 15.1. The number of hydrogen-bond donors (Lipinski definition) is 0. The predicted molar refractivity (Wildman–Crippen MR) is 86.3 cm³/mol. The highest BCUT2D eigenvalue weighted by atomic mass is 32.1. The lowest BCUT2D eigenvalue weighted by atomic mass is 10.3. The largest absolute Gasteiger partial charge is 0.451 e. The van der Waals surface area contributed by atoms with Gasteiger partial charge >= 0.3 is 5.97 Å². The van der Waals surface area contributed by atoms with Crippen molar-refractivity contribution < 1.29 is 14.3 Å². The molecule has 0 bridgehead atoms. The first-order valence-corrected chi connectivity index (χ1v) is 8.37. The average Bonchev–Trinajstić information content (AvgIpc) is 3.13. The highest BCUT2D eigenvalue weighted by molar-refractivity contribution is 7.18. The Bertz CT molecular complexity index is 764. The number of thiazole rings is 2. The maximum Gasteiger partial charge on any atom is 0.358 e. The van der Waals surface area contributed by atoms with E-state index in [2.05, 4.69) is 9.97 Å². The molecule has 0 aliphatic heterocycles. The topological polar surface area (TPSA) is 61.3 Å². The van der Waals surface area contributed by atoms with Crippen LogP contribution in [0.3, 0.4) is 0 Å². The van der Waals surface area contributed by atoms with Crippen molar-refractivity contribution in [1.29, 1.82) is 0 Å². The molecule has 0 saturated heterocycles. The van der Waals surface area contributed by atoms with Gasteiger partial charge in [0, 0.05) is 12.5 Å². The van der Waals surface area contributed by atoms with E-state index in [1.54, 1.807) is 12.5 Å². The molecule has 114 valence electrons. The van der Waals surface area contributed by atoms with Crippen LogP contribution in [0.15, 0.2) is 29.6 Å². The fourth-order valence-corrected chi connectivity index (χ4v) is 3.61. The van der Waals surface area contributed by atoms with E-state index in [9.17, 15) is 4.79 Å². The Hall–Kier alpha value is -1.83. The van der Waals surface area contributed by atoms with Crippen LogP contribution in [0.25, 0.3) is 10.2 Å². The zero-order chi connectivity index (χ0) is 15.5. The van der Waals surface area contributed by atoms with Crippen molar-refractivity contribution in [3.8, 4) is 0 Å². The molecule has 0 fully saturated rings. The van der Waals surface area contributed by atoms with Crippen LogP contribution >= 0.6 is 22.7 Å². The molecule has 0 spiro atoms. The Morgan fingerprint density at radius 1 is 1.32 bits per heavy atom. The van der Waals surface area contributed by atoms with Crippen molar-refractivity contribution in [3.05, 3.63) is 45.4 Å². The minimum absolute atomic E-state index is 0.310. The molecule has 2 aromatic heterocycles. The zero-order valence-corrected chi connectivity index (χ0v) is 13.7. The van der Waals surface area contributed by atoms with Crippen molar-refractivity contribution >= 4 is 38.9 Å². The van der Waals surface area contributed by atoms with Crippen LogP contribution in [0.4, 0.5) is 0 Å². The van der Waals surface area contributed by atoms with E-state index in [1.807, 2.05) is 31.2 Å². The van der Waals surface area contributed by atoms with E-state index in [1.165, 1.54) is 22.7 Å². The van der Waals surface area contributed by atoms with Gasteiger partial charge in [-0.25, -0.2) is 14.8 Å². The Morgan fingerprint density at radius 2 is 2.14 bits per heavy atom. The molecule has 0 saturated carbocycles. The summed E-state index contributed by atoms with van der Waals surface area (Å²) in [5.41, 5.74) is 1.23. The molecule has 22 heavy (non-hydrogen) atoms. The molecule has 0 N–H and O–H groups in total. The van der Waals surface area contributed by atoms with Gasteiger partial charge in [-0.2, -0.15) is 0 Å². The minimum atomic E-state index is -0.439. The summed E-state index contributed by atoms with van der Waals surface area (Å²) in [5, 5.41) is 3.21. The van der Waals surface area contributed by atoms with Crippen LogP contribution in [0.1, 0.15) is 33.5 Å². The third-order valence-corrected chi connectivity index (χ3v) is 4.99. The molecule has 0 aliphatic carbocycles. The summed E-state index contributed by atoms with van der Waals surface area (Å²) in [7, 11) is 1.59. The van der Waals surface area contributed by atoms with E-state index in [0.717, 1.165) is 20.2 Å². The molecule has 5 nitrogen and oxygen atoms in total. The second kappa shape index (κ2) is 6.51. The van der Waals surface area contributed by atoms with Crippen LogP contribution in [-0.2, 0) is 16.1 Å². The third kappa shape index (κ3) is 3.16. The van der Waals surface area contributed by atoms with E-state index in [4.69, 9.17) is 9.47 Å². The number of esters is 1. The normalized spacial score (nSPS) is 12.5. The van der Waals surface area contributed by atoms with E-state index in [-0.39, 0.29) is 0 Å². The molecule has 0 amide bonds. The number of benzene rings is 1. The summed E-state index contributed by atoms with van der Waals surface area (Å²) in [4.78, 5) is 20.8. The number of ether oxygens (including phenoxy) is 2. The quantitative estimate of drug-likeness (QED) is 0.664. The fraction of sp³-hybridized carbons (Fsp3) is 0.267. The van der Waals surface area contributed by atoms with Gasteiger partial charge in [0.15, 0.2) is 11.8 Å². The number of rotatable bonds is 5. The van der Waals surface area contributed by atoms with Gasteiger partial charge in [0.2, 0.25) is 0 Å². The summed E-state index contributed by atoms with van der Waals surface area (Å²) < 4.78 is 11.5. The highest BCUT2D eigenvalue weighted by Gasteiger charge is 2.19. The smallest absolute Gasteiger partial charge is 0.358 e. The monoisotopic (exact) mass is 334 g/mol. The number of aromatic nitrogens is 2. The molecule has 0 aliphatic rings. The van der Waals surface area contributed by atoms with Crippen LogP contribution in [0.5, 0.6) is 0 Å². The lowest BCUT2D eigenvalue weighted by Crippen LogP contribution is -2.09. The highest BCUT2D eigenvalue weighted by Crippen LogP contribution is 2.28. The summed E-state index contributed by atoms with van der Waals surface area (Å²) >= 11 is 2.91. The molecule has 2 heterocycles. The molecule has 0 radical (unpaired) electrons. The molecule has 1 unspecified atom stereocenters. The van der Waals surface area contributed by atoms with Crippen molar-refractivity contribution in [2.75, 3.05) is 7.11 Å². The number of nitrogens with zero attached hydrogens (tertiary/aromatic N) is 2. The molecule has 1 atom stereocenters. The molecule has 3 aromatic rings. The molecular formula is C15H14N2O3S2. The maximum atomic E-state index is 12.1. The van der Waals surface area contributed by atoms with Gasteiger partial charge in [-0.15, -0.1) is 22.7 Å². The lowest BCUT2D eigenvalue weighted by molar-refractivity contribution is 0.0331. The molecule has 1 aromatic carbocycles. The van der Waals surface area contributed by atoms with E-state index >= 15 is 0 Å². The summed E-state index contributed by atoms with van der Waals surface area (Å²) in [6, 6.07) is 7.85. The van der Waals surface area contributed by atoms with Crippen LogP contribution in [0, 0.1) is 0 Å². The number of carbonyl (C=O) groups excluding carboxylic acids is 1. The average molecular weight is 334 g/mol. The minimum Gasteiger partial charge on any atom is -0.451 e. The molecule has 7 heteroatoms. The predicted octanol–water partition coefficient (Wildman–Crippen LogP) is 3.82. The van der Waals surface area contributed by atoms with Crippen LogP contribution in [-0.4, -0.2) is 23.0 Å². The molecule has 3 rings (SSSR count). The summed E-state index contributed by atoms with van der Waals surface area (Å²) in [6.45, 7) is 2.21. The van der Waals surface area contributed by atoms with E-state index < -0.39 is 12.1 Å². The van der Waals surface area contributed by atoms with Gasteiger partial charge in [0.1, 0.15) is 10.0 Å². The number of methoxy groups -OCH3 is 1. The summed E-state index contributed by atoms with van der Waals surface area (Å²) in [6.07, 6.45) is -0.405. The van der Waals surface area contributed by atoms with Crippen molar-refractivity contribution in [2.24, 2.45) is 0 Å². The number of fused-ring (bicyclic) bond motifs is 1. The van der Waals surface area contributed by atoms with Gasteiger partial charge in [-0.1, -0.05) is 12.1 Å². The fourth-order valence-electron chi connectivity index (χ4n) is 1.93. The van der Waals surface area contributed by atoms with Crippen LogP contribution in [0.2, 0.25) is 0 Å². The third-order valence-electron chi connectivity index (χ3n) is 2.97. The Kier molecular flexibility index (Phi) is 4.47. The van der Waals surface area contributed by atoms with E-state index in [0.29, 0.717) is 12.3 Å². The van der Waals surface area contributed by atoms with Gasteiger partial charge in [-0.05, 0) is 19.1 Å². The second-order valence-electron chi connectivity index (χ2n) is 4.63. The van der Waals surface area contributed by atoms with Crippen molar-refractivity contribution in [3.63, 3.8) is 0 Å². The van der Waals surface area contributed by atoms with Gasteiger partial charge in [0.25, 0.3) is 0 Å². The first-order valence-electron chi connectivity index (χ1n) is 6.67. The Balaban J connectivity index is 1.72. The van der Waals surface area contributed by atoms with Gasteiger partial charge in [-0.3, -0.25) is 0 Å². The standard InChI is InChI=1S/C15H14N2O3S2/c1-9(14-17-10-5-3-4-6-12(10)22-14)20-15(18)11-8-21-13(16-11)7-19-2/h3-6,8-9H,7H2,1-2H3.